The van der Waals surface area contributed by atoms with Gasteiger partial charge in [0.05, 0.1) is 9.82 Å². The fourth-order valence-corrected chi connectivity index (χ4v) is 3.01. The van der Waals surface area contributed by atoms with Crippen molar-refractivity contribution < 1.29 is 23.2 Å². The molecule has 21 heavy (non-hydrogen) atoms. The molecule has 0 aliphatic carbocycles. The van der Waals surface area contributed by atoms with Crippen molar-refractivity contribution >= 4 is 33.2 Å². The lowest BCUT2D eigenvalue weighted by Crippen LogP contribution is -2.40. The molecule has 1 aromatic carbocycles. The lowest BCUT2D eigenvalue weighted by Gasteiger charge is -2.11. The molecule has 1 unspecified atom stereocenters. The second kappa shape index (κ2) is 6.35. The second-order valence-electron chi connectivity index (χ2n) is 4.10. The molecule has 0 bridgehead atoms. The van der Waals surface area contributed by atoms with Crippen LogP contribution in [0, 0.1) is 17.0 Å². The number of aliphatic hydroxyl groups is 1. The van der Waals surface area contributed by atoms with E-state index >= 15 is 0 Å². The Morgan fingerprint density at radius 2 is 2.14 bits per heavy atom. The number of nitrogens with two attached hydrogens (primary N) is 1. The van der Waals surface area contributed by atoms with Crippen molar-refractivity contribution in [3.05, 3.63) is 32.8 Å². The molecule has 116 valence electrons. The zero-order valence-electron chi connectivity index (χ0n) is 10.7. The summed E-state index contributed by atoms with van der Waals surface area (Å²) in [6, 6.07) is 1.94. The van der Waals surface area contributed by atoms with E-state index in [1.165, 1.54) is 6.92 Å². The van der Waals surface area contributed by atoms with Gasteiger partial charge in [0.15, 0.2) is 0 Å². The van der Waals surface area contributed by atoms with E-state index in [0.29, 0.717) is 0 Å². The highest BCUT2D eigenvalue weighted by Crippen LogP contribution is 2.29. The number of aryl methyl sites for hydroxylation is 1. The smallest absolute Gasteiger partial charge is 0.289 e. The first-order valence-corrected chi connectivity index (χ1v) is 7.34. The lowest BCUT2D eigenvalue weighted by atomic mass is 10.2. The van der Waals surface area contributed by atoms with Crippen LogP contribution in [-0.4, -0.2) is 37.0 Å². The number of amides is 1. The van der Waals surface area contributed by atoms with Crippen molar-refractivity contribution in [1.29, 1.82) is 0 Å². The van der Waals surface area contributed by atoms with Gasteiger partial charge in [-0.2, -0.15) is 0 Å². The SMILES string of the molecule is Cc1cc(Cl)c([N+](=O)[O-])cc1S(=O)(=O)NCC(O)C(N)=O. The summed E-state index contributed by atoms with van der Waals surface area (Å²) in [5, 5.41) is 19.7. The molecule has 0 radical (unpaired) electrons. The number of hydrogen-bond acceptors (Lipinski definition) is 6. The molecule has 0 heterocycles. The van der Waals surface area contributed by atoms with E-state index in [0.717, 1.165) is 12.1 Å². The van der Waals surface area contributed by atoms with E-state index in [-0.39, 0.29) is 15.5 Å². The molecule has 1 amide bonds. The molecule has 0 fully saturated rings. The van der Waals surface area contributed by atoms with E-state index < -0.39 is 39.2 Å². The Morgan fingerprint density at radius 3 is 2.62 bits per heavy atom. The van der Waals surface area contributed by atoms with Crippen LogP contribution in [0.1, 0.15) is 5.56 Å². The van der Waals surface area contributed by atoms with Crippen molar-refractivity contribution in [3.8, 4) is 0 Å². The quantitative estimate of drug-likeness (QED) is 0.477. The Kier molecular flexibility index (Phi) is 5.23. The van der Waals surface area contributed by atoms with Gasteiger partial charge in [-0.05, 0) is 18.6 Å². The third-order valence-corrected chi connectivity index (χ3v) is 4.39. The maximum absolute atomic E-state index is 12.0. The predicted octanol–water partition coefficient (Wildman–Crippen LogP) is -0.319. The number of halogens is 1. The maximum Gasteiger partial charge on any atom is 0.289 e. The topological polar surface area (TPSA) is 153 Å². The fourth-order valence-electron chi connectivity index (χ4n) is 1.44. The largest absolute Gasteiger partial charge is 0.382 e. The van der Waals surface area contributed by atoms with Gasteiger partial charge in [0.1, 0.15) is 11.1 Å². The number of aliphatic hydroxyl groups excluding tert-OH is 1. The number of carbonyl (C=O) groups is 1. The predicted molar refractivity (Wildman–Crippen MR) is 73.2 cm³/mol. The normalized spacial score (nSPS) is 12.9. The summed E-state index contributed by atoms with van der Waals surface area (Å²) in [5.41, 5.74) is 4.39. The minimum Gasteiger partial charge on any atom is -0.382 e. The fraction of sp³-hybridized carbons (Fsp3) is 0.300. The molecule has 1 rings (SSSR count). The van der Waals surface area contributed by atoms with Gasteiger partial charge < -0.3 is 10.8 Å². The molecule has 11 heteroatoms. The van der Waals surface area contributed by atoms with Crippen LogP contribution in [0.5, 0.6) is 0 Å². The van der Waals surface area contributed by atoms with Gasteiger partial charge in [-0.15, -0.1) is 0 Å². The first kappa shape index (κ1) is 17.3. The first-order valence-electron chi connectivity index (χ1n) is 5.48. The third-order valence-electron chi connectivity index (χ3n) is 2.53. The Hall–Kier alpha value is -1.75. The van der Waals surface area contributed by atoms with E-state index in [4.69, 9.17) is 22.4 Å². The first-order chi connectivity index (χ1) is 9.56. The number of benzene rings is 1. The van der Waals surface area contributed by atoms with Crippen molar-refractivity contribution in [2.24, 2.45) is 5.73 Å². The zero-order valence-corrected chi connectivity index (χ0v) is 12.3. The van der Waals surface area contributed by atoms with Gasteiger partial charge in [0.25, 0.3) is 5.69 Å². The van der Waals surface area contributed by atoms with Gasteiger partial charge in [-0.25, -0.2) is 13.1 Å². The Morgan fingerprint density at radius 1 is 1.57 bits per heavy atom. The number of nitrogens with zero attached hydrogens (tertiary/aromatic N) is 1. The molecule has 4 N–H and O–H groups in total. The van der Waals surface area contributed by atoms with Gasteiger partial charge in [0, 0.05) is 12.6 Å². The van der Waals surface area contributed by atoms with Gasteiger partial charge >= 0.3 is 0 Å². The van der Waals surface area contributed by atoms with Crippen LogP contribution in [-0.2, 0) is 14.8 Å². The highest BCUT2D eigenvalue weighted by atomic mass is 35.5. The molecule has 1 atom stereocenters. The van der Waals surface area contributed by atoms with Crippen molar-refractivity contribution in [3.63, 3.8) is 0 Å². The molecule has 0 aromatic heterocycles. The van der Waals surface area contributed by atoms with Crippen LogP contribution in [0.4, 0.5) is 5.69 Å². The van der Waals surface area contributed by atoms with E-state index in [1.54, 1.807) is 0 Å². The molecule has 1 aromatic rings. The molecular weight excluding hydrogens is 326 g/mol. The van der Waals surface area contributed by atoms with Crippen molar-refractivity contribution in [1.82, 2.24) is 4.72 Å². The summed E-state index contributed by atoms with van der Waals surface area (Å²) in [6.45, 7) is 0.752. The molecule has 0 saturated carbocycles. The summed E-state index contributed by atoms with van der Waals surface area (Å²) >= 11 is 5.66. The lowest BCUT2D eigenvalue weighted by molar-refractivity contribution is -0.384. The average molecular weight is 338 g/mol. The molecular formula is C10H12ClN3O6S. The molecule has 0 aliphatic heterocycles. The number of hydrogen-bond donors (Lipinski definition) is 3. The number of sulfonamides is 1. The van der Waals surface area contributed by atoms with E-state index in [1.807, 2.05) is 4.72 Å². The number of rotatable bonds is 6. The number of nitrogens with one attached hydrogen (secondary N) is 1. The van der Waals surface area contributed by atoms with Crippen LogP contribution in [0.2, 0.25) is 5.02 Å². The third kappa shape index (κ3) is 4.11. The highest BCUT2D eigenvalue weighted by molar-refractivity contribution is 7.89. The second-order valence-corrected chi connectivity index (χ2v) is 6.24. The Balaban J connectivity index is 3.17. The van der Waals surface area contributed by atoms with Crippen LogP contribution in [0.25, 0.3) is 0 Å². The minimum atomic E-state index is -4.17. The summed E-state index contributed by atoms with van der Waals surface area (Å²) in [4.78, 5) is 20.2. The standard InChI is InChI=1S/C10H12ClN3O6S/c1-5-2-6(11)7(14(17)18)3-9(5)21(19,20)13-4-8(15)10(12)16/h2-3,8,13,15H,4H2,1H3,(H2,12,16). The summed E-state index contributed by atoms with van der Waals surface area (Å²) < 4.78 is 26.0. The summed E-state index contributed by atoms with van der Waals surface area (Å²) in [7, 11) is -4.17. The van der Waals surface area contributed by atoms with Gasteiger partial charge in [-0.3, -0.25) is 14.9 Å². The molecule has 9 nitrogen and oxygen atoms in total. The molecule has 0 aliphatic rings. The van der Waals surface area contributed by atoms with Crippen LogP contribution >= 0.6 is 11.6 Å². The van der Waals surface area contributed by atoms with Crippen molar-refractivity contribution in [2.75, 3.05) is 6.54 Å². The number of nitro groups is 1. The maximum atomic E-state index is 12.0. The monoisotopic (exact) mass is 337 g/mol. The van der Waals surface area contributed by atoms with Crippen molar-refractivity contribution in [2.45, 2.75) is 17.9 Å². The average Bonchev–Trinajstić information content (AvgIpc) is 2.34. The highest BCUT2D eigenvalue weighted by Gasteiger charge is 2.24. The number of carbonyl (C=O) groups excluding carboxylic acids is 1. The van der Waals surface area contributed by atoms with Gasteiger partial charge in [0.2, 0.25) is 15.9 Å². The number of primary amides is 1. The molecule has 0 saturated heterocycles. The summed E-state index contributed by atoms with van der Waals surface area (Å²) in [6.07, 6.45) is -1.71. The minimum absolute atomic E-state index is 0.173. The molecule has 0 spiro atoms. The van der Waals surface area contributed by atoms with Gasteiger partial charge in [-0.1, -0.05) is 11.6 Å². The Labute approximate surface area is 124 Å². The zero-order chi connectivity index (χ0) is 16.4. The van der Waals surface area contributed by atoms with Crippen LogP contribution in [0.15, 0.2) is 17.0 Å². The van der Waals surface area contributed by atoms with E-state index in [2.05, 4.69) is 0 Å². The van der Waals surface area contributed by atoms with E-state index in [9.17, 15) is 23.3 Å². The number of nitro benzene ring substituents is 1. The van der Waals surface area contributed by atoms with Crippen LogP contribution < -0.4 is 10.5 Å². The Bertz CT molecular complexity index is 690. The van der Waals surface area contributed by atoms with Crippen LogP contribution in [0.3, 0.4) is 0 Å². The summed E-state index contributed by atoms with van der Waals surface area (Å²) in [5.74, 6) is -1.10.